The second kappa shape index (κ2) is 13.0. The summed E-state index contributed by atoms with van der Waals surface area (Å²) in [6, 6.07) is 16.4. The Hall–Kier alpha value is -0.880. The van der Waals surface area contributed by atoms with Crippen molar-refractivity contribution in [3.05, 3.63) is 58.6 Å². The molecule has 8 heteroatoms. The number of anilines is 2. The largest absolute Gasteiger partial charge is 0.369 e. The zero-order chi connectivity index (χ0) is 20.1. The highest BCUT2D eigenvalue weighted by Gasteiger charge is 2.19. The summed E-state index contributed by atoms with van der Waals surface area (Å²) in [6.07, 6.45) is 1.24. The lowest BCUT2D eigenvalue weighted by Crippen LogP contribution is -2.48. The number of benzene rings is 2. The quantitative estimate of drug-likeness (QED) is 0.536. The molecule has 0 unspecified atom stereocenters. The summed E-state index contributed by atoms with van der Waals surface area (Å²) in [5.74, 6) is 0. The molecule has 0 aromatic heterocycles. The fraction of sp³-hybridized carbons (Fsp3) is 0.478. The molecule has 2 aliphatic heterocycles. The van der Waals surface area contributed by atoms with E-state index in [0.29, 0.717) is 0 Å². The van der Waals surface area contributed by atoms with E-state index in [4.69, 9.17) is 23.2 Å². The van der Waals surface area contributed by atoms with E-state index < -0.39 is 0 Å². The molecular formula is C23H32Cl4N4. The van der Waals surface area contributed by atoms with Crippen molar-refractivity contribution in [2.45, 2.75) is 6.42 Å². The normalized spacial score (nSPS) is 17.7. The highest BCUT2D eigenvalue weighted by atomic mass is 35.5. The smallest absolute Gasteiger partial charge is 0.0426 e. The van der Waals surface area contributed by atoms with Crippen LogP contribution in [0.1, 0.15) is 6.42 Å². The van der Waals surface area contributed by atoms with Crippen LogP contribution in [0.5, 0.6) is 0 Å². The molecule has 0 bridgehead atoms. The third-order valence-corrected chi connectivity index (χ3v) is 6.51. The molecule has 0 atom stereocenters. The summed E-state index contributed by atoms with van der Waals surface area (Å²) in [7, 11) is 0. The minimum atomic E-state index is 0. The predicted molar refractivity (Wildman–Crippen MR) is 139 cm³/mol. The second-order valence-corrected chi connectivity index (χ2v) is 8.84. The Kier molecular flexibility index (Phi) is 11.0. The van der Waals surface area contributed by atoms with Crippen LogP contribution in [0.4, 0.5) is 11.4 Å². The van der Waals surface area contributed by atoms with Gasteiger partial charge in [0.2, 0.25) is 0 Å². The highest BCUT2D eigenvalue weighted by molar-refractivity contribution is 6.31. The van der Waals surface area contributed by atoms with Crippen molar-refractivity contribution >= 4 is 59.4 Å². The van der Waals surface area contributed by atoms with E-state index in [1.807, 2.05) is 24.3 Å². The number of rotatable bonds is 6. The standard InChI is InChI=1S/C23H30Cl2N4.2ClH/c24-20-4-1-6-22(18-20)28-14-10-26(11-15-28)8-3-9-27-12-16-29(17-13-27)23-7-2-5-21(25)19-23;;/h1-2,4-7,18-19H,3,8-17H2;2*1H. The van der Waals surface area contributed by atoms with Gasteiger partial charge in [-0.2, -0.15) is 0 Å². The first-order valence-electron chi connectivity index (χ1n) is 10.6. The van der Waals surface area contributed by atoms with Crippen molar-refractivity contribution in [1.82, 2.24) is 9.80 Å². The molecule has 2 aliphatic rings. The molecule has 2 aromatic rings. The maximum atomic E-state index is 6.14. The average Bonchev–Trinajstić information content (AvgIpc) is 2.75. The van der Waals surface area contributed by atoms with Crippen molar-refractivity contribution < 1.29 is 0 Å². The van der Waals surface area contributed by atoms with Gasteiger partial charge in [0.25, 0.3) is 0 Å². The number of hydrogen-bond donors (Lipinski definition) is 0. The zero-order valence-corrected chi connectivity index (χ0v) is 20.9. The van der Waals surface area contributed by atoms with Gasteiger partial charge in [0.1, 0.15) is 0 Å². The minimum absolute atomic E-state index is 0. The monoisotopic (exact) mass is 504 g/mol. The first kappa shape index (κ1) is 26.4. The van der Waals surface area contributed by atoms with Crippen LogP contribution in [0.2, 0.25) is 10.0 Å². The Balaban J connectivity index is 0.00000171. The Morgan fingerprint density at radius 3 is 1.32 bits per heavy atom. The van der Waals surface area contributed by atoms with E-state index in [1.165, 1.54) is 30.9 Å². The van der Waals surface area contributed by atoms with Gasteiger partial charge in [-0.3, -0.25) is 9.80 Å². The molecule has 0 amide bonds. The number of hydrogen-bond acceptors (Lipinski definition) is 4. The summed E-state index contributed by atoms with van der Waals surface area (Å²) < 4.78 is 0. The van der Waals surface area contributed by atoms with Gasteiger partial charge in [0, 0.05) is 73.8 Å². The zero-order valence-electron chi connectivity index (χ0n) is 17.8. The van der Waals surface area contributed by atoms with Gasteiger partial charge in [-0.1, -0.05) is 35.3 Å². The summed E-state index contributed by atoms with van der Waals surface area (Å²) in [5, 5.41) is 1.64. The van der Waals surface area contributed by atoms with E-state index >= 15 is 0 Å². The van der Waals surface area contributed by atoms with Crippen molar-refractivity contribution in [2.75, 3.05) is 75.2 Å². The van der Waals surface area contributed by atoms with Gasteiger partial charge in [-0.15, -0.1) is 24.8 Å². The van der Waals surface area contributed by atoms with Crippen LogP contribution in [-0.4, -0.2) is 75.2 Å². The van der Waals surface area contributed by atoms with Gasteiger partial charge in [0.05, 0.1) is 0 Å². The predicted octanol–water partition coefficient (Wildman–Crippen LogP) is 5.17. The van der Waals surface area contributed by atoms with Gasteiger partial charge in [-0.05, 0) is 55.9 Å². The maximum absolute atomic E-state index is 6.14. The lowest BCUT2D eigenvalue weighted by atomic mass is 10.2. The van der Waals surface area contributed by atoms with E-state index in [0.717, 1.165) is 62.4 Å². The maximum Gasteiger partial charge on any atom is 0.0426 e. The topological polar surface area (TPSA) is 13.0 Å². The summed E-state index contributed by atoms with van der Waals surface area (Å²) in [6.45, 7) is 11.2. The lowest BCUT2D eigenvalue weighted by molar-refractivity contribution is 0.213. The molecular weight excluding hydrogens is 474 g/mol. The van der Waals surface area contributed by atoms with Gasteiger partial charge in [0.15, 0.2) is 0 Å². The Morgan fingerprint density at radius 2 is 0.968 bits per heavy atom. The molecule has 31 heavy (non-hydrogen) atoms. The Morgan fingerprint density at radius 1 is 0.581 bits per heavy atom. The molecule has 4 rings (SSSR count). The molecule has 2 heterocycles. The first-order chi connectivity index (χ1) is 14.2. The van der Waals surface area contributed by atoms with Crippen LogP contribution < -0.4 is 9.80 Å². The van der Waals surface area contributed by atoms with Crippen molar-refractivity contribution in [2.24, 2.45) is 0 Å². The third kappa shape index (κ3) is 7.59. The van der Waals surface area contributed by atoms with E-state index in [2.05, 4.69) is 43.9 Å². The number of halogens is 4. The fourth-order valence-corrected chi connectivity index (χ4v) is 4.69. The Labute approximate surface area is 208 Å². The van der Waals surface area contributed by atoms with Crippen LogP contribution in [0, 0.1) is 0 Å². The first-order valence-corrected chi connectivity index (χ1v) is 11.4. The molecule has 0 spiro atoms. The van der Waals surface area contributed by atoms with Crippen molar-refractivity contribution in [1.29, 1.82) is 0 Å². The molecule has 0 N–H and O–H groups in total. The molecule has 2 aromatic carbocycles. The fourth-order valence-electron chi connectivity index (χ4n) is 4.32. The molecule has 4 nitrogen and oxygen atoms in total. The molecule has 172 valence electrons. The lowest BCUT2D eigenvalue weighted by Gasteiger charge is -2.38. The van der Waals surface area contributed by atoms with Crippen LogP contribution >= 0.6 is 48.0 Å². The summed E-state index contributed by atoms with van der Waals surface area (Å²) >= 11 is 12.3. The molecule has 2 fully saturated rings. The van der Waals surface area contributed by atoms with Crippen LogP contribution in [0.25, 0.3) is 0 Å². The van der Waals surface area contributed by atoms with Crippen LogP contribution in [0.3, 0.4) is 0 Å². The minimum Gasteiger partial charge on any atom is -0.369 e. The molecule has 0 aliphatic carbocycles. The van der Waals surface area contributed by atoms with Crippen molar-refractivity contribution in [3.63, 3.8) is 0 Å². The number of nitrogens with zero attached hydrogens (tertiary/aromatic N) is 4. The Bertz CT molecular complexity index is 725. The van der Waals surface area contributed by atoms with Gasteiger partial charge in [-0.25, -0.2) is 0 Å². The molecule has 2 saturated heterocycles. The summed E-state index contributed by atoms with van der Waals surface area (Å²) in [5.41, 5.74) is 2.49. The molecule has 0 radical (unpaired) electrons. The van der Waals surface area contributed by atoms with Crippen LogP contribution in [-0.2, 0) is 0 Å². The SMILES string of the molecule is Cl.Cl.Clc1cccc(N2CCN(CCCN3CCN(c4cccc(Cl)c4)CC3)CC2)c1. The van der Waals surface area contributed by atoms with Gasteiger partial charge >= 0.3 is 0 Å². The van der Waals surface area contributed by atoms with E-state index in [1.54, 1.807) is 0 Å². The average molecular weight is 506 g/mol. The number of piperazine rings is 2. The highest BCUT2D eigenvalue weighted by Crippen LogP contribution is 2.22. The van der Waals surface area contributed by atoms with E-state index in [-0.39, 0.29) is 24.8 Å². The van der Waals surface area contributed by atoms with Crippen molar-refractivity contribution in [3.8, 4) is 0 Å². The van der Waals surface area contributed by atoms with Gasteiger partial charge < -0.3 is 9.80 Å². The third-order valence-electron chi connectivity index (χ3n) is 6.04. The van der Waals surface area contributed by atoms with E-state index in [9.17, 15) is 0 Å². The molecule has 0 saturated carbocycles. The summed E-state index contributed by atoms with van der Waals surface area (Å²) in [4.78, 5) is 10.1. The van der Waals surface area contributed by atoms with Crippen LogP contribution in [0.15, 0.2) is 48.5 Å². The second-order valence-electron chi connectivity index (χ2n) is 7.97.